The molecule has 4 nitrogen and oxygen atoms in total. The zero-order valence-electron chi connectivity index (χ0n) is 11.7. The first kappa shape index (κ1) is 13.5. The first-order valence-corrected chi connectivity index (χ1v) is 6.46. The molecular formula is C15H20N2O2. The van der Waals surface area contributed by atoms with Crippen molar-refractivity contribution in [3.8, 4) is 0 Å². The first-order valence-electron chi connectivity index (χ1n) is 6.46. The molecule has 1 aliphatic heterocycles. The molecule has 0 fully saturated rings. The van der Waals surface area contributed by atoms with E-state index in [1.807, 2.05) is 17.3 Å². The monoisotopic (exact) mass is 260 g/mol. The summed E-state index contributed by atoms with van der Waals surface area (Å²) in [7, 11) is 0. The molecule has 1 aromatic rings. The van der Waals surface area contributed by atoms with Crippen molar-refractivity contribution in [3.05, 3.63) is 41.2 Å². The van der Waals surface area contributed by atoms with Crippen LogP contribution in [0.5, 0.6) is 0 Å². The van der Waals surface area contributed by atoms with E-state index in [9.17, 15) is 4.79 Å². The highest BCUT2D eigenvalue weighted by Crippen LogP contribution is 2.28. The Labute approximate surface area is 113 Å². The fourth-order valence-electron chi connectivity index (χ4n) is 2.62. The molecule has 1 heterocycles. The molecule has 0 amide bonds. The van der Waals surface area contributed by atoms with E-state index in [1.54, 1.807) is 0 Å². The quantitative estimate of drug-likeness (QED) is 0.904. The predicted octanol–water partition coefficient (Wildman–Crippen LogP) is 2.64. The molecule has 0 unspecified atom stereocenters. The lowest BCUT2D eigenvalue weighted by molar-refractivity contribution is -0.137. The minimum absolute atomic E-state index is 0.171. The second-order valence-electron chi connectivity index (χ2n) is 5.11. The zero-order chi connectivity index (χ0) is 14.0. The van der Waals surface area contributed by atoms with E-state index in [2.05, 4.69) is 37.8 Å². The largest absolute Gasteiger partial charge is 0.481 e. The van der Waals surface area contributed by atoms with Crippen LogP contribution in [0, 0.1) is 20.8 Å². The lowest BCUT2D eigenvalue weighted by atomic mass is 10.0. The number of aliphatic carboxylic acids is 1. The van der Waals surface area contributed by atoms with E-state index in [1.165, 1.54) is 22.4 Å². The van der Waals surface area contributed by atoms with Crippen LogP contribution < -0.4 is 4.90 Å². The summed E-state index contributed by atoms with van der Waals surface area (Å²) in [6.45, 7) is 7.60. The number of benzene rings is 1. The summed E-state index contributed by atoms with van der Waals surface area (Å²) in [6, 6.07) is 4.35. The maximum Gasteiger partial charge on any atom is 0.305 e. The number of carboxylic acid groups (broad SMARTS) is 1. The third kappa shape index (κ3) is 3.08. The summed E-state index contributed by atoms with van der Waals surface area (Å²) in [5.41, 5.74) is 4.99. The van der Waals surface area contributed by atoms with Crippen LogP contribution in [0.3, 0.4) is 0 Å². The highest BCUT2D eigenvalue weighted by Gasteiger charge is 2.17. The average molecular weight is 260 g/mol. The predicted molar refractivity (Wildman–Crippen MR) is 76.1 cm³/mol. The Morgan fingerprint density at radius 1 is 1.21 bits per heavy atom. The number of hydrogen-bond donors (Lipinski definition) is 1. The highest BCUT2D eigenvalue weighted by atomic mass is 16.4. The minimum atomic E-state index is -0.755. The number of rotatable bonds is 4. The SMILES string of the molecule is Cc1cc(C)c(N2C=CN(CCC(=O)O)C2)c(C)c1. The van der Waals surface area contributed by atoms with Crippen molar-refractivity contribution in [3.63, 3.8) is 0 Å². The van der Waals surface area contributed by atoms with Gasteiger partial charge in [0.25, 0.3) is 0 Å². The van der Waals surface area contributed by atoms with Crippen molar-refractivity contribution in [1.29, 1.82) is 0 Å². The van der Waals surface area contributed by atoms with Gasteiger partial charge in [0.1, 0.15) is 0 Å². The molecule has 0 saturated heterocycles. The minimum Gasteiger partial charge on any atom is -0.481 e. The van der Waals surface area contributed by atoms with Gasteiger partial charge >= 0.3 is 5.97 Å². The Balaban J connectivity index is 2.10. The molecule has 0 atom stereocenters. The van der Waals surface area contributed by atoms with E-state index in [0.717, 1.165) is 6.67 Å². The summed E-state index contributed by atoms with van der Waals surface area (Å²) < 4.78 is 0. The Morgan fingerprint density at radius 2 is 1.84 bits per heavy atom. The third-order valence-electron chi connectivity index (χ3n) is 3.33. The van der Waals surface area contributed by atoms with Gasteiger partial charge in [-0.3, -0.25) is 4.79 Å². The molecule has 0 bridgehead atoms. The standard InChI is InChI=1S/C15H20N2O2/c1-11-8-12(2)15(13(3)9-11)17-7-6-16(10-17)5-4-14(18)19/h6-9H,4-5,10H2,1-3H3,(H,18,19). The van der Waals surface area contributed by atoms with Crippen LogP contribution in [0.4, 0.5) is 5.69 Å². The number of carbonyl (C=O) groups is 1. The van der Waals surface area contributed by atoms with E-state index < -0.39 is 5.97 Å². The molecule has 0 aromatic heterocycles. The molecule has 1 aliphatic rings. The molecule has 2 rings (SSSR count). The number of anilines is 1. The Hall–Kier alpha value is -1.97. The number of aryl methyl sites for hydroxylation is 3. The van der Waals surface area contributed by atoms with Crippen molar-refractivity contribution in [2.24, 2.45) is 0 Å². The van der Waals surface area contributed by atoms with E-state index in [-0.39, 0.29) is 6.42 Å². The lowest BCUT2D eigenvalue weighted by Gasteiger charge is -2.24. The molecule has 1 N–H and O–H groups in total. The van der Waals surface area contributed by atoms with Gasteiger partial charge < -0.3 is 14.9 Å². The van der Waals surface area contributed by atoms with Crippen LogP contribution >= 0.6 is 0 Å². The summed E-state index contributed by atoms with van der Waals surface area (Å²) in [5.74, 6) is -0.755. The molecule has 102 valence electrons. The molecular weight excluding hydrogens is 240 g/mol. The van der Waals surface area contributed by atoms with Gasteiger partial charge in [-0.25, -0.2) is 0 Å². The lowest BCUT2D eigenvalue weighted by Crippen LogP contribution is -2.27. The zero-order valence-corrected chi connectivity index (χ0v) is 11.7. The number of hydrogen-bond acceptors (Lipinski definition) is 3. The maximum absolute atomic E-state index is 10.6. The normalized spacial score (nSPS) is 14.3. The van der Waals surface area contributed by atoms with Crippen LogP contribution in [0.1, 0.15) is 23.1 Å². The van der Waals surface area contributed by atoms with Crippen LogP contribution in [0.15, 0.2) is 24.5 Å². The van der Waals surface area contributed by atoms with Crippen molar-refractivity contribution in [1.82, 2.24) is 4.90 Å². The van der Waals surface area contributed by atoms with Crippen molar-refractivity contribution >= 4 is 11.7 Å². The van der Waals surface area contributed by atoms with Gasteiger partial charge in [-0.15, -0.1) is 0 Å². The number of nitrogens with zero attached hydrogens (tertiary/aromatic N) is 2. The number of carboxylic acids is 1. The molecule has 4 heteroatoms. The van der Waals surface area contributed by atoms with Crippen molar-refractivity contribution < 1.29 is 9.90 Å². The van der Waals surface area contributed by atoms with Crippen molar-refractivity contribution in [2.75, 3.05) is 18.1 Å². The molecule has 0 spiro atoms. The van der Waals surface area contributed by atoms with Gasteiger partial charge in [0.2, 0.25) is 0 Å². The molecule has 0 radical (unpaired) electrons. The molecule has 0 saturated carbocycles. The van der Waals surface area contributed by atoms with Gasteiger partial charge in [-0.05, 0) is 31.9 Å². The topological polar surface area (TPSA) is 43.8 Å². The van der Waals surface area contributed by atoms with E-state index in [4.69, 9.17) is 5.11 Å². The second kappa shape index (κ2) is 5.34. The third-order valence-corrected chi connectivity index (χ3v) is 3.33. The summed E-state index contributed by atoms with van der Waals surface area (Å²) >= 11 is 0. The summed E-state index contributed by atoms with van der Waals surface area (Å²) in [5, 5.41) is 8.71. The second-order valence-corrected chi connectivity index (χ2v) is 5.11. The van der Waals surface area contributed by atoms with Crippen LogP contribution in [-0.4, -0.2) is 29.2 Å². The molecule has 1 aromatic carbocycles. The smallest absolute Gasteiger partial charge is 0.305 e. The van der Waals surface area contributed by atoms with Gasteiger partial charge in [0.15, 0.2) is 0 Å². The van der Waals surface area contributed by atoms with E-state index >= 15 is 0 Å². The fraction of sp³-hybridized carbons (Fsp3) is 0.400. The van der Waals surface area contributed by atoms with Gasteiger partial charge in [0.05, 0.1) is 13.1 Å². The van der Waals surface area contributed by atoms with Crippen LogP contribution in [-0.2, 0) is 4.79 Å². The van der Waals surface area contributed by atoms with Gasteiger partial charge in [0, 0.05) is 24.6 Å². The van der Waals surface area contributed by atoms with E-state index in [0.29, 0.717) is 6.54 Å². The summed E-state index contributed by atoms with van der Waals surface area (Å²) in [4.78, 5) is 14.8. The Kier molecular flexibility index (Phi) is 3.79. The molecule has 0 aliphatic carbocycles. The summed E-state index contributed by atoms with van der Waals surface area (Å²) in [6.07, 6.45) is 4.15. The Morgan fingerprint density at radius 3 is 2.42 bits per heavy atom. The molecule has 19 heavy (non-hydrogen) atoms. The highest BCUT2D eigenvalue weighted by molar-refractivity contribution is 5.67. The average Bonchev–Trinajstić information content (AvgIpc) is 2.73. The van der Waals surface area contributed by atoms with Crippen molar-refractivity contribution in [2.45, 2.75) is 27.2 Å². The van der Waals surface area contributed by atoms with Crippen LogP contribution in [0.25, 0.3) is 0 Å². The maximum atomic E-state index is 10.6. The fourth-order valence-corrected chi connectivity index (χ4v) is 2.62. The van der Waals surface area contributed by atoms with Gasteiger partial charge in [-0.2, -0.15) is 0 Å². The first-order chi connectivity index (χ1) is 8.97. The Bertz CT molecular complexity index is 500. The van der Waals surface area contributed by atoms with Crippen LogP contribution in [0.2, 0.25) is 0 Å². The van der Waals surface area contributed by atoms with Gasteiger partial charge in [-0.1, -0.05) is 17.7 Å².